The number of para-hydroxylation sites is 1. The van der Waals surface area contributed by atoms with Crippen LogP contribution in [-0.4, -0.2) is 38.3 Å². The Kier molecular flexibility index (Phi) is 5.63. The van der Waals surface area contributed by atoms with Gasteiger partial charge in [0.05, 0.1) is 12.8 Å². The number of hydrogen-bond acceptors (Lipinski definition) is 4. The maximum absolute atomic E-state index is 5.86. The molecule has 96 valence electrons. The Labute approximate surface area is 103 Å². The number of benzene rings is 1. The third-order valence-corrected chi connectivity index (χ3v) is 2.78. The first-order valence-electron chi connectivity index (χ1n) is 6.00. The summed E-state index contributed by atoms with van der Waals surface area (Å²) in [5.41, 5.74) is 6.47. The van der Waals surface area contributed by atoms with E-state index in [4.69, 9.17) is 15.2 Å². The lowest BCUT2D eigenvalue weighted by atomic mass is 10.3. The van der Waals surface area contributed by atoms with Gasteiger partial charge in [-0.2, -0.15) is 0 Å². The second kappa shape index (κ2) is 7.01. The third-order valence-electron chi connectivity index (χ3n) is 2.78. The second-order valence-corrected chi connectivity index (χ2v) is 3.75. The quantitative estimate of drug-likeness (QED) is 0.738. The average Bonchev–Trinajstić information content (AvgIpc) is 2.36. The van der Waals surface area contributed by atoms with E-state index in [1.807, 2.05) is 18.2 Å². The fourth-order valence-electron chi connectivity index (χ4n) is 1.66. The lowest BCUT2D eigenvalue weighted by molar-refractivity contribution is 0.218. The van der Waals surface area contributed by atoms with Crippen LogP contribution >= 0.6 is 0 Å². The van der Waals surface area contributed by atoms with Gasteiger partial charge in [0.1, 0.15) is 6.61 Å². The Morgan fingerprint density at radius 1 is 1.24 bits per heavy atom. The van der Waals surface area contributed by atoms with E-state index >= 15 is 0 Å². The Balaban J connectivity index is 2.56. The fourth-order valence-corrected chi connectivity index (χ4v) is 1.66. The number of ether oxygens (including phenoxy) is 2. The zero-order chi connectivity index (χ0) is 12.7. The minimum atomic E-state index is 0.615. The van der Waals surface area contributed by atoms with Crippen molar-refractivity contribution in [2.75, 3.05) is 39.1 Å². The van der Waals surface area contributed by atoms with Crippen LogP contribution in [0.2, 0.25) is 0 Å². The van der Waals surface area contributed by atoms with E-state index in [1.165, 1.54) is 0 Å². The fraction of sp³-hybridized carbons (Fsp3) is 0.538. The van der Waals surface area contributed by atoms with Crippen LogP contribution in [0.1, 0.15) is 13.8 Å². The number of likely N-dealkylation sites (N-methyl/N-ethyl adjacent to an activating group) is 1. The summed E-state index contributed by atoms with van der Waals surface area (Å²) in [5.74, 6) is 1.33. The maximum atomic E-state index is 5.86. The molecule has 0 bridgehead atoms. The van der Waals surface area contributed by atoms with Crippen LogP contribution in [0.3, 0.4) is 0 Å². The molecule has 0 heterocycles. The number of rotatable bonds is 7. The summed E-state index contributed by atoms with van der Waals surface area (Å²) in [6, 6.07) is 5.52. The van der Waals surface area contributed by atoms with Gasteiger partial charge in [-0.05, 0) is 25.2 Å². The second-order valence-electron chi connectivity index (χ2n) is 3.75. The topological polar surface area (TPSA) is 47.7 Å². The van der Waals surface area contributed by atoms with Crippen LogP contribution in [0.4, 0.5) is 5.69 Å². The van der Waals surface area contributed by atoms with Gasteiger partial charge in [-0.25, -0.2) is 0 Å². The van der Waals surface area contributed by atoms with Gasteiger partial charge in [0.25, 0.3) is 0 Å². The number of hydrogen-bond donors (Lipinski definition) is 1. The molecule has 4 nitrogen and oxygen atoms in total. The molecule has 0 fully saturated rings. The largest absolute Gasteiger partial charge is 0.493 e. The van der Waals surface area contributed by atoms with Crippen LogP contribution in [0, 0.1) is 0 Å². The highest BCUT2D eigenvalue weighted by atomic mass is 16.5. The van der Waals surface area contributed by atoms with Gasteiger partial charge in [-0.3, -0.25) is 0 Å². The zero-order valence-electron chi connectivity index (χ0n) is 10.9. The van der Waals surface area contributed by atoms with E-state index in [0.29, 0.717) is 23.8 Å². The average molecular weight is 238 g/mol. The predicted molar refractivity (Wildman–Crippen MR) is 70.7 cm³/mol. The zero-order valence-corrected chi connectivity index (χ0v) is 10.9. The monoisotopic (exact) mass is 238 g/mol. The van der Waals surface area contributed by atoms with Crippen LogP contribution in [0.15, 0.2) is 18.2 Å². The molecule has 0 saturated carbocycles. The number of methoxy groups -OCH3 is 1. The van der Waals surface area contributed by atoms with Gasteiger partial charge in [0.15, 0.2) is 11.5 Å². The summed E-state index contributed by atoms with van der Waals surface area (Å²) in [5, 5.41) is 0. The Hall–Kier alpha value is -1.42. The summed E-state index contributed by atoms with van der Waals surface area (Å²) < 4.78 is 10.9. The van der Waals surface area contributed by atoms with Crippen molar-refractivity contribution in [1.29, 1.82) is 0 Å². The molecule has 1 aromatic rings. The lowest BCUT2D eigenvalue weighted by Gasteiger charge is -2.19. The molecule has 0 unspecified atom stereocenters. The molecule has 0 saturated heterocycles. The van der Waals surface area contributed by atoms with Crippen molar-refractivity contribution in [2.45, 2.75) is 13.8 Å². The first-order chi connectivity index (χ1) is 8.22. The highest BCUT2D eigenvalue weighted by Crippen LogP contribution is 2.32. The molecule has 1 rings (SSSR count). The van der Waals surface area contributed by atoms with Crippen molar-refractivity contribution in [1.82, 2.24) is 4.90 Å². The van der Waals surface area contributed by atoms with Gasteiger partial charge in [0.2, 0.25) is 0 Å². The summed E-state index contributed by atoms with van der Waals surface area (Å²) in [6.07, 6.45) is 0. The van der Waals surface area contributed by atoms with Gasteiger partial charge in [-0.1, -0.05) is 19.9 Å². The van der Waals surface area contributed by atoms with Crippen molar-refractivity contribution in [3.8, 4) is 11.5 Å². The number of anilines is 1. The number of nitrogen functional groups attached to an aromatic ring is 1. The molecule has 0 aliphatic heterocycles. The van der Waals surface area contributed by atoms with Crippen molar-refractivity contribution in [2.24, 2.45) is 0 Å². The minimum Gasteiger partial charge on any atom is -0.493 e. The van der Waals surface area contributed by atoms with Crippen molar-refractivity contribution in [3.05, 3.63) is 18.2 Å². The summed E-state index contributed by atoms with van der Waals surface area (Å²) >= 11 is 0. The normalized spacial score (nSPS) is 10.6. The highest BCUT2D eigenvalue weighted by Gasteiger charge is 2.08. The molecule has 2 N–H and O–H groups in total. The predicted octanol–water partition coefficient (Wildman–Crippen LogP) is 2.00. The van der Waals surface area contributed by atoms with Crippen LogP contribution < -0.4 is 15.2 Å². The molecule has 0 amide bonds. The molecule has 0 spiro atoms. The molecule has 0 atom stereocenters. The number of nitrogens with two attached hydrogens (primary N) is 1. The van der Waals surface area contributed by atoms with Gasteiger partial charge >= 0.3 is 0 Å². The Morgan fingerprint density at radius 3 is 2.53 bits per heavy atom. The van der Waals surface area contributed by atoms with E-state index < -0.39 is 0 Å². The van der Waals surface area contributed by atoms with Gasteiger partial charge in [-0.15, -0.1) is 0 Å². The minimum absolute atomic E-state index is 0.615. The van der Waals surface area contributed by atoms with Gasteiger partial charge < -0.3 is 20.1 Å². The summed E-state index contributed by atoms with van der Waals surface area (Å²) in [6.45, 7) is 7.85. The third kappa shape index (κ3) is 3.82. The smallest absolute Gasteiger partial charge is 0.184 e. The molecule has 0 radical (unpaired) electrons. The van der Waals surface area contributed by atoms with Crippen LogP contribution in [0.5, 0.6) is 11.5 Å². The summed E-state index contributed by atoms with van der Waals surface area (Å²) in [7, 11) is 1.62. The van der Waals surface area contributed by atoms with Crippen molar-refractivity contribution < 1.29 is 9.47 Å². The van der Waals surface area contributed by atoms with Gasteiger partial charge in [0, 0.05) is 6.54 Å². The molecule has 0 aliphatic rings. The first kappa shape index (κ1) is 13.6. The molecule has 1 aromatic carbocycles. The van der Waals surface area contributed by atoms with Crippen molar-refractivity contribution >= 4 is 5.69 Å². The van der Waals surface area contributed by atoms with E-state index in [9.17, 15) is 0 Å². The maximum Gasteiger partial charge on any atom is 0.184 e. The van der Waals surface area contributed by atoms with Crippen LogP contribution in [-0.2, 0) is 0 Å². The van der Waals surface area contributed by atoms with E-state index in [1.54, 1.807) is 7.11 Å². The standard InChI is InChI=1S/C13H22N2O2/c1-4-15(5-2)9-10-17-13-11(14)7-6-8-12(13)16-3/h6-8H,4-5,9-10,14H2,1-3H3. The van der Waals surface area contributed by atoms with E-state index in [-0.39, 0.29) is 0 Å². The van der Waals surface area contributed by atoms with Crippen LogP contribution in [0.25, 0.3) is 0 Å². The van der Waals surface area contributed by atoms with E-state index in [0.717, 1.165) is 19.6 Å². The molecule has 17 heavy (non-hydrogen) atoms. The molecule has 4 heteroatoms. The Morgan fingerprint density at radius 2 is 1.94 bits per heavy atom. The molecule has 0 aromatic heterocycles. The Bertz CT molecular complexity index is 338. The SMILES string of the molecule is CCN(CC)CCOc1c(N)cccc1OC. The number of nitrogens with zero attached hydrogens (tertiary/aromatic N) is 1. The summed E-state index contributed by atoms with van der Waals surface area (Å²) in [4.78, 5) is 2.30. The molecular weight excluding hydrogens is 216 g/mol. The van der Waals surface area contributed by atoms with E-state index in [2.05, 4.69) is 18.7 Å². The first-order valence-corrected chi connectivity index (χ1v) is 6.00. The molecular formula is C13H22N2O2. The highest BCUT2D eigenvalue weighted by molar-refractivity contribution is 5.60. The van der Waals surface area contributed by atoms with Crippen molar-refractivity contribution in [3.63, 3.8) is 0 Å². The lowest BCUT2D eigenvalue weighted by Crippen LogP contribution is -2.28. The molecule has 0 aliphatic carbocycles.